The second-order valence-corrected chi connectivity index (χ2v) is 4.54. The Hall–Kier alpha value is -2.48. The molecule has 7 nitrogen and oxygen atoms in total. The van der Waals surface area contributed by atoms with Crippen LogP contribution in [0, 0.1) is 0 Å². The Balaban J connectivity index is 2.07. The first-order valence-corrected chi connectivity index (χ1v) is 6.16. The van der Waals surface area contributed by atoms with Gasteiger partial charge in [0.15, 0.2) is 0 Å². The average molecular weight is 292 g/mol. The number of nitrogens with zero attached hydrogens (tertiary/aromatic N) is 1. The normalized spacial score (nSPS) is 14.1. The van der Waals surface area contributed by atoms with Crippen LogP contribution in [0.4, 0.5) is 10.5 Å². The molecule has 0 aromatic heterocycles. The molecule has 1 heterocycles. The molecule has 20 heavy (non-hydrogen) atoms. The van der Waals surface area contributed by atoms with Crippen LogP contribution in [0.5, 0.6) is 0 Å². The molecule has 0 spiro atoms. The number of carbonyl (C=O) groups excluding carboxylic acids is 3. The fourth-order valence-corrected chi connectivity index (χ4v) is 1.93. The number of hydrogen-bond donors (Lipinski definition) is 3. The Bertz CT molecular complexity index is 586. The second-order valence-electron chi connectivity index (χ2n) is 4.10. The lowest BCUT2D eigenvalue weighted by atomic mass is 10.2. The number of urea groups is 1. The summed E-state index contributed by atoms with van der Waals surface area (Å²) < 4.78 is 0. The minimum atomic E-state index is -0.576. The first kappa shape index (κ1) is 13.9. The first-order valence-electron chi connectivity index (χ1n) is 5.76. The van der Waals surface area contributed by atoms with E-state index >= 15 is 0 Å². The molecule has 8 heteroatoms. The predicted molar refractivity (Wildman–Crippen MR) is 76.1 cm³/mol. The quantitative estimate of drug-likeness (QED) is 0.527. The van der Waals surface area contributed by atoms with Crippen LogP contribution in [-0.4, -0.2) is 40.8 Å². The van der Waals surface area contributed by atoms with Crippen molar-refractivity contribution in [2.75, 3.05) is 18.4 Å². The van der Waals surface area contributed by atoms with E-state index in [1.807, 2.05) is 0 Å². The average Bonchev–Trinajstić information content (AvgIpc) is 2.71. The summed E-state index contributed by atoms with van der Waals surface area (Å²) in [7, 11) is 0. The van der Waals surface area contributed by atoms with Crippen LogP contribution >= 0.6 is 12.2 Å². The third-order valence-electron chi connectivity index (χ3n) is 2.71. The number of nitrogens with two attached hydrogens (primary N) is 1. The Morgan fingerprint density at radius 1 is 1.40 bits per heavy atom. The number of carbonyl (C=O) groups is 3. The number of para-hydroxylation sites is 1. The Labute approximate surface area is 120 Å². The van der Waals surface area contributed by atoms with Gasteiger partial charge in [-0.15, -0.1) is 0 Å². The molecular formula is C12H12N4O3S. The van der Waals surface area contributed by atoms with Gasteiger partial charge in [-0.05, 0) is 12.1 Å². The van der Waals surface area contributed by atoms with Crippen molar-refractivity contribution in [1.82, 2.24) is 10.2 Å². The molecule has 1 fully saturated rings. The van der Waals surface area contributed by atoms with Crippen LogP contribution in [0.15, 0.2) is 24.3 Å². The van der Waals surface area contributed by atoms with Gasteiger partial charge in [0, 0.05) is 5.56 Å². The highest BCUT2D eigenvalue weighted by Gasteiger charge is 2.30. The maximum Gasteiger partial charge on any atom is 0.325 e. The lowest BCUT2D eigenvalue weighted by molar-refractivity contribution is -0.128. The summed E-state index contributed by atoms with van der Waals surface area (Å²) in [5.41, 5.74) is 6.51. The molecule has 1 aliphatic heterocycles. The zero-order valence-corrected chi connectivity index (χ0v) is 11.2. The Kier molecular flexibility index (Phi) is 3.94. The second kappa shape index (κ2) is 5.66. The number of hydrogen-bond acceptors (Lipinski definition) is 4. The third kappa shape index (κ3) is 2.91. The van der Waals surface area contributed by atoms with E-state index in [4.69, 9.17) is 18.0 Å². The summed E-state index contributed by atoms with van der Waals surface area (Å²) in [6, 6.07) is 6.18. The van der Waals surface area contributed by atoms with Crippen molar-refractivity contribution in [3.63, 3.8) is 0 Å². The molecule has 0 bridgehead atoms. The van der Waals surface area contributed by atoms with Crippen molar-refractivity contribution >= 4 is 40.7 Å². The van der Waals surface area contributed by atoms with E-state index in [1.165, 1.54) is 0 Å². The molecule has 1 saturated heterocycles. The van der Waals surface area contributed by atoms with Gasteiger partial charge in [-0.1, -0.05) is 24.4 Å². The van der Waals surface area contributed by atoms with E-state index in [9.17, 15) is 14.4 Å². The smallest absolute Gasteiger partial charge is 0.325 e. The van der Waals surface area contributed by atoms with Crippen LogP contribution in [0.25, 0.3) is 0 Å². The Morgan fingerprint density at radius 2 is 2.10 bits per heavy atom. The summed E-state index contributed by atoms with van der Waals surface area (Å²) in [6.07, 6.45) is 0. The van der Waals surface area contributed by atoms with Gasteiger partial charge in [0.2, 0.25) is 5.91 Å². The number of rotatable bonds is 4. The minimum absolute atomic E-state index is 0.0877. The van der Waals surface area contributed by atoms with Gasteiger partial charge in [-0.3, -0.25) is 14.5 Å². The largest absolute Gasteiger partial charge is 0.389 e. The molecule has 0 saturated carbocycles. The van der Waals surface area contributed by atoms with E-state index < -0.39 is 17.8 Å². The summed E-state index contributed by atoms with van der Waals surface area (Å²) in [6.45, 7) is -0.439. The highest BCUT2D eigenvalue weighted by Crippen LogP contribution is 2.14. The lowest BCUT2D eigenvalue weighted by Gasteiger charge is -2.14. The fourth-order valence-electron chi connectivity index (χ4n) is 1.76. The van der Waals surface area contributed by atoms with E-state index in [0.717, 1.165) is 4.90 Å². The maximum absolute atomic E-state index is 11.9. The number of nitrogens with one attached hydrogen (secondary N) is 2. The lowest BCUT2D eigenvalue weighted by Crippen LogP contribution is -2.38. The zero-order valence-electron chi connectivity index (χ0n) is 10.4. The van der Waals surface area contributed by atoms with Crippen molar-refractivity contribution in [2.24, 2.45) is 5.73 Å². The van der Waals surface area contributed by atoms with Crippen LogP contribution in [0.2, 0.25) is 0 Å². The maximum atomic E-state index is 11.9. The van der Waals surface area contributed by atoms with E-state index in [0.29, 0.717) is 11.3 Å². The monoisotopic (exact) mass is 292 g/mol. The third-order valence-corrected chi connectivity index (χ3v) is 2.93. The predicted octanol–water partition coefficient (Wildman–Crippen LogP) is -0.189. The van der Waals surface area contributed by atoms with Gasteiger partial charge in [0.25, 0.3) is 5.91 Å². The van der Waals surface area contributed by atoms with E-state index in [1.54, 1.807) is 24.3 Å². The molecule has 0 unspecified atom stereocenters. The van der Waals surface area contributed by atoms with Gasteiger partial charge in [-0.25, -0.2) is 4.79 Å². The standard InChI is InChI=1S/C12H12N4O3S/c13-11(20)7-3-1-2-4-8(7)15-9(17)6-16-10(18)5-14-12(16)19/h1-4H,5-6H2,(H2,13,20)(H,14,19)(H,15,17). The zero-order chi connectivity index (χ0) is 14.7. The van der Waals surface area contributed by atoms with Crippen LogP contribution in [-0.2, 0) is 9.59 Å². The number of imide groups is 1. The molecule has 0 aliphatic carbocycles. The molecule has 0 radical (unpaired) electrons. The van der Waals surface area contributed by atoms with Gasteiger partial charge in [-0.2, -0.15) is 0 Å². The summed E-state index contributed by atoms with van der Waals surface area (Å²) >= 11 is 4.88. The number of amides is 4. The molecule has 0 atom stereocenters. The molecule has 1 aromatic rings. The fraction of sp³-hybridized carbons (Fsp3) is 0.167. The number of thiocarbonyl (C=S) groups is 1. The van der Waals surface area contributed by atoms with Crippen LogP contribution in [0.1, 0.15) is 5.56 Å². The highest BCUT2D eigenvalue weighted by molar-refractivity contribution is 7.80. The van der Waals surface area contributed by atoms with Gasteiger partial charge >= 0.3 is 6.03 Å². The topological polar surface area (TPSA) is 105 Å². The van der Waals surface area contributed by atoms with Gasteiger partial charge in [0.05, 0.1) is 12.2 Å². The SMILES string of the molecule is NC(=S)c1ccccc1NC(=O)CN1C(=O)CNC1=O. The van der Waals surface area contributed by atoms with E-state index in [2.05, 4.69) is 10.6 Å². The van der Waals surface area contributed by atoms with Crippen LogP contribution in [0.3, 0.4) is 0 Å². The molecule has 1 aromatic carbocycles. The van der Waals surface area contributed by atoms with Gasteiger partial charge < -0.3 is 16.4 Å². The summed E-state index contributed by atoms with van der Waals surface area (Å²) in [5, 5.41) is 4.91. The summed E-state index contributed by atoms with van der Waals surface area (Å²) in [4.78, 5) is 35.6. The molecule has 4 amide bonds. The molecular weight excluding hydrogens is 280 g/mol. The van der Waals surface area contributed by atoms with E-state index in [-0.39, 0.29) is 18.1 Å². The van der Waals surface area contributed by atoms with Crippen molar-refractivity contribution in [3.05, 3.63) is 29.8 Å². The summed E-state index contributed by atoms with van der Waals surface area (Å²) in [5.74, 6) is -0.938. The number of anilines is 1. The Morgan fingerprint density at radius 3 is 2.70 bits per heavy atom. The van der Waals surface area contributed by atoms with Crippen molar-refractivity contribution in [2.45, 2.75) is 0 Å². The molecule has 2 rings (SSSR count). The number of benzene rings is 1. The van der Waals surface area contributed by atoms with Crippen molar-refractivity contribution in [3.8, 4) is 0 Å². The van der Waals surface area contributed by atoms with Crippen molar-refractivity contribution < 1.29 is 14.4 Å². The minimum Gasteiger partial charge on any atom is -0.389 e. The first-order chi connectivity index (χ1) is 9.49. The molecule has 1 aliphatic rings. The molecule has 104 valence electrons. The van der Waals surface area contributed by atoms with Crippen LogP contribution < -0.4 is 16.4 Å². The molecule has 4 N–H and O–H groups in total. The highest BCUT2D eigenvalue weighted by atomic mass is 32.1. The van der Waals surface area contributed by atoms with Crippen molar-refractivity contribution in [1.29, 1.82) is 0 Å². The van der Waals surface area contributed by atoms with Gasteiger partial charge in [0.1, 0.15) is 11.5 Å².